The van der Waals surface area contributed by atoms with Gasteiger partial charge in [-0.1, -0.05) is 20.8 Å². The van der Waals surface area contributed by atoms with E-state index in [2.05, 4.69) is 33.0 Å². The molecule has 1 nitrogen and oxygen atoms in total. The minimum atomic E-state index is 0.418. The van der Waals surface area contributed by atoms with Crippen LogP contribution in [-0.4, -0.2) is 17.2 Å². The molecule has 1 fully saturated rings. The Hall–Kier alpha value is 0.310. The average Bonchev–Trinajstić information content (AvgIpc) is 2.13. The molecule has 0 saturated carbocycles. The highest BCUT2D eigenvalue weighted by atomic mass is 32.2. The summed E-state index contributed by atoms with van der Waals surface area (Å²) in [6.07, 6.45) is 0. The van der Waals surface area contributed by atoms with E-state index >= 15 is 0 Å². The zero-order valence-corrected chi connectivity index (χ0v) is 8.14. The minimum Gasteiger partial charge on any atom is -0.306 e. The van der Waals surface area contributed by atoms with Crippen LogP contribution in [0, 0.1) is 5.41 Å². The van der Waals surface area contributed by atoms with Gasteiger partial charge in [0.15, 0.2) is 0 Å². The third-order valence-electron chi connectivity index (χ3n) is 2.54. The van der Waals surface area contributed by atoms with Crippen LogP contribution < -0.4 is 5.32 Å². The van der Waals surface area contributed by atoms with Gasteiger partial charge < -0.3 is 5.32 Å². The van der Waals surface area contributed by atoms with Gasteiger partial charge in [0.05, 0.1) is 0 Å². The predicted octanol–water partition coefficient (Wildman–Crippen LogP) is 2.09. The zero-order chi connectivity index (χ0) is 7.83. The predicted molar refractivity (Wildman–Crippen MR) is 48.3 cm³/mol. The van der Waals surface area contributed by atoms with Gasteiger partial charge in [0.1, 0.15) is 0 Å². The molecule has 1 rings (SSSR count). The molecule has 0 aromatic heterocycles. The quantitative estimate of drug-likeness (QED) is 0.581. The highest BCUT2D eigenvalue weighted by molar-refractivity contribution is 8.00. The number of hydrogen-bond acceptors (Lipinski definition) is 2. The molecule has 1 heterocycles. The normalized spacial score (nSPS) is 34.8. The van der Waals surface area contributed by atoms with Gasteiger partial charge in [-0.2, -0.15) is 0 Å². The average molecular weight is 159 g/mol. The van der Waals surface area contributed by atoms with Crippen LogP contribution in [0.3, 0.4) is 0 Å². The Morgan fingerprint density at radius 3 is 2.20 bits per heavy atom. The van der Waals surface area contributed by atoms with Gasteiger partial charge in [0, 0.05) is 17.2 Å². The molecule has 1 aliphatic heterocycles. The van der Waals surface area contributed by atoms with Crippen LogP contribution in [0.4, 0.5) is 0 Å². The molecular weight excluding hydrogens is 142 g/mol. The largest absolute Gasteiger partial charge is 0.306 e. The van der Waals surface area contributed by atoms with Crippen molar-refractivity contribution >= 4 is 11.8 Å². The Labute approximate surface area is 68.0 Å². The molecule has 60 valence electrons. The Balaban J connectivity index is 2.67. The minimum absolute atomic E-state index is 0.418. The van der Waals surface area contributed by atoms with E-state index in [1.807, 2.05) is 11.8 Å². The summed E-state index contributed by atoms with van der Waals surface area (Å²) in [5.41, 5.74) is 0.418. The first-order valence-electron chi connectivity index (χ1n) is 3.80. The van der Waals surface area contributed by atoms with Crippen molar-refractivity contribution in [1.82, 2.24) is 5.32 Å². The fourth-order valence-corrected chi connectivity index (χ4v) is 2.19. The maximum absolute atomic E-state index is 3.38. The van der Waals surface area contributed by atoms with E-state index in [1.54, 1.807) is 0 Å². The van der Waals surface area contributed by atoms with Gasteiger partial charge in [-0.3, -0.25) is 0 Å². The van der Waals surface area contributed by atoms with E-state index in [4.69, 9.17) is 0 Å². The van der Waals surface area contributed by atoms with Crippen molar-refractivity contribution in [3.63, 3.8) is 0 Å². The van der Waals surface area contributed by atoms with Crippen LogP contribution in [0.2, 0.25) is 0 Å². The van der Waals surface area contributed by atoms with E-state index in [-0.39, 0.29) is 0 Å². The van der Waals surface area contributed by atoms with E-state index in [0.29, 0.717) is 10.2 Å². The number of thioether (sulfide) groups is 1. The van der Waals surface area contributed by atoms with Crippen LogP contribution >= 0.6 is 11.8 Å². The van der Waals surface area contributed by atoms with Gasteiger partial charge in [-0.15, -0.1) is 11.8 Å². The fourth-order valence-electron chi connectivity index (χ4n) is 1.03. The highest BCUT2D eigenvalue weighted by Crippen LogP contribution is 2.43. The molecule has 0 bridgehead atoms. The Kier molecular flexibility index (Phi) is 2.03. The summed E-state index contributed by atoms with van der Waals surface area (Å²) in [5, 5.41) is 3.38. The van der Waals surface area contributed by atoms with Crippen molar-refractivity contribution in [3.8, 4) is 0 Å². The molecule has 0 aromatic rings. The third-order valence-corrected chi connectivity index (χ3v) is 4.28. The molecule has 0 spiro atoms. The highest BCUT2D eigenvalue weighted by Gasteiger charge is 2.40. The standard InChI is InChI=1S/C8H17NS/c1-7(2,3)8(4)5-9-6-10-8/h9H,5-6H2,1-4H3. The first kappa shape index (κ1) is 8.41. The number of nitrogens with one attached hydrogen (secondary N) is 1. The molecule has 0 radical (unpaired) electrons. The van der Waals surface area contributed by atoms with Gasteiger partial charge in [0.25, 0.3) is 0 Å². The van der Waals surface area contributed by atoms with E-state index < -0.39 is 0 Å². The molecule has 0 amide bonds. The maximum atomic E-state index is 3.38. The van der Waals surface area contributed by atoms with E-state index in [9.17, 15) is 0 Å². The second-order valence-corrected chi connectivity index (χ2v) is 5.67. The molecule has 1 N–H and O–H groups in total. The van der Waals surface area contributed by atoms with Crippen LogP contribution in [0.15, 0.2) is 0 Å². The first-order valence-corrected chi connectivity index (χ1v) is 4.79. The third kappa shape index (κ3) is 1.32. The monoisotopic (exact) mass is 159 g/mol. The van der Waals surface area contributed by atoms with Crippen molar-refractivity contribution in [2.45, 2.75) is 32.4 Å². The second kappa shape index (κ2) is 2.42. The summed E-state index contributed by atoms with van der Waals surface area (Å²) < 4.78 is 0.438. The van der Waals surface area contributed by atoms with Gasteiger partial charge >= 0.3 is 0 Å². The molecule has 0 aliphatic carbocycles. The summed E-state index contributed by atoms with van der Waals surface area (Å²) in [4.78, 5) is 0. The van der Waals surface area contributed by atoms with E-state index in [0.717, 1.165) is 12.4 Å². The Bertz CT molecular complexity index is 120. The lowest BCUT2D eigenvalue weighted by atomic mass is 9.81. The lowest BCUT2D eigenvalue weighted by Crippen LogP contribution is -2.39. The maximum Gasteiger partial charge on any atom is 0.0424 e. The van der Waals surface area contributed by atoms with Crippen LogP contribution in [0.5, 0.6) is 0 Å². The van der Waals surface area contributed by atoms with E-state index in [1.165, 1.54) is 0 Å². The summed E-state index contributed by atoms with van der Waals surface area (Å²) >= 11 is 2.04. The lowest BCUT2D eigenvalue weighted by molar-refractivity contribution is 0.304. The molecule has 1 unspecified atom stereocenters. The number of rotatable bonds is 0. The Morgan fingerprint density at radius 1 is 1.40 bits per heavy atom. The SMILES string of the molecule is CC(C)(C)C1(C)CNCS1. The summed E-state index contributed by atoms with van der Waals surface area (Å²) in [7, 11) is 0. The topological polar surface area (TPSA) is 12.0 Å². The molecule has 0 aromatic carbocycles. The van der Waals surface area contributed by atoms with Crippen LogP contribution in [0.25, 0.3) is 0 Å². The molecule has 2 heteroatoms. The molecule has 10 heavy (non-hydrogen) atoms. The van der Waals surface area contributed by atoms with Crippen molar-refractivity contribution < 1.29 is 0 Å². The molecular formula is C8H17NS. The Morgan fingerprint density at radius 2 is 2.00 bits per heavy atom. The van der Waals surface area contributed by atoms with Crippen molar-refractivity contribution in [2.75, 3.05) is 12.4 Å². The van der Waals surface area contributed by atoms with Gasteiger partial charge in [0.2, 0.25) is 0 Å². The van der Waals surface area contributed by atoms with Gasteiger partial charge in [-0.25, -0.2) is 0 Å². The lowest BCUT2D eigenvalue weighted by Gasteiger charge is -2.36. The first-order chi connectivity index (χ1) is 4.46. The van der Waals surface area contributed by atoms with Gasteiger partial charge in [-0.05, 0) is 12.3 Å². The van der Waals surface area contributed by atoms with Crippen molar-refractivity contribution in [2.24, 2.45) is 5.41 Å². The molecule has 1 saturated heterocycles. The zero-order valence-electron chi connectivity index (χ0n) is 7.32. The second-order valence-electron chi connectivity index (χ2n) is 4.20. The van der Waals surface area contributed by atoms with Crippen molar-refractivity contribution in [3.05, 3.63) is 0 Å². The summed E-state index contributed by atoms with van der Waals surface area (Å²) in [6, 6.07) is 0. The molecule has 1 atom stereocenters. The van der Waals surface area contributed by atoms with Crippen LogP contribution in [0.1, 0.15) is 27.7 Å². The summed E-state index contributed by atoms with van der Waals surface area (Å²) in [6.45, 7) is 10.4. The fraction of sp³-hybridized carbons (Fsp3) is 1.00. The smallest absolute Gasteiger partial charge is 0.0424 e. The molecule has 1 aliphatic rings. The summed E-state index contributed by atoms with van der Waals surface area (Å²) in [5.74, 6) is 1.12. The van der Waals surface area contributed by atoms with Crippen LogP contribution in [-0.2, 0) is 0 Å². The van der Waals surface area contributed by atoms with Crippen molar-refractivity contribution in [1.29, 1.82) is 0 Å². The number of hydrogen-bond donors (Lipinski definition) is 1.